The van der Waals surface area contributed by atoms with Crippen molar-refractivity contribution in [2.24, 2.45) is 5.92 Å². The molecule has 0 radical (unpaired) electrons. The number of nitrogens with one attached hydrogen (secondary N) is 1. The van der Waals surface area contributed by atoms with E-state index in [-0.39, 0.29) is 6.04 Å². The maximum atomic E-state index is 12.6. The van der Waals surface area contributed by atoms with Gasteiger partial charge in [0.05, 0.1) is 6.04 Å². The van der Waals surface area contributed by atoms with E-state index in [0.29, 0.717) is 17.9 Å². The van der Waals surface area contributed by atoms with Crippen LogP contribution in [0.1, 0.15) is 46.0 Å². The summed E-state index contributed by atoms with van der Waals surface area (Å²) in [6.07, 6.45) is 5.98. The summed E-state index contributed by atoms with van der Waals surface area (Å²) in [4.78, 5) is 17.1. The quantitative estimate of drug-likeness (QED) is 0.852. The van der Waals surface area contributed by atoms with Crippen LogP contribution in [-0.2, 0) is 4.79 Å². The highest BCUT2D eigenvalue weighted by atomic mass is 16.2. The number of hydrogen-bond donors (Lipinski definition) is 1. The van der Waals surface area contributed by atoms with E-state index in [0.717, 1.165) is 32.6 Å². The van der Waals surface area contributed by atoms with E-state index in [1.54, 1.807) is 0 Å². The van der Waals surface area contributed by atoms with E-state index >= 15 is 0 Å². The van der Waals surface area contributed by atoms with Gasteiger partial charge in [0.2, 0.25) is 5.91 Å². The van der Waals surface area contributed by atoms with Crippen LogP contribution in [0.15, 0.2) is 0 Å². The molecule has 0 spiro atoms. The average Bonchev–Trinajstić information content (AvgIpc) is 2.53. The topological polar surface area (TPSA) is 35.6 Å². The molecule has 4 nitrogen and oxygen atoms in total. The zero-order valence-corrected chi connectivity index (χ0v) is 13.4. The Morgan fingerprint density at radius 3 is 2.55 bits per heavy atom. The first-order chi connectivity index (χ1) is 9.67. The van der Waals surface area contributed by atoms with Crippen LogP contribution in [0.25, 0.3) is 0 Å². The highest BCUT2D eigenvalue weighted by Crippen LogP contribution is 2.23. The normalized spacial score (nSPS) is 30.2. The van der Waals surface area contributed by atoms with Gasteiger partial charge in [-0.3, -0.25) is 9.69 Å². The van der Waals surface area contributed by atoms with Crippen molar-refractivity contribution in [1.82, 2.24) is 15.1 Å². The van der Waals surface area contributed by atoms with Crippen molar-refractivity contribution in [3.63, 3.8) is 0 Å². The summed E-state index contributed by atoms with van der Waals surface area (Å²) in [6, 6.07) is 0.675. The molecule has 2 fully saturated rings. The second-order valence-corrected chi connectivity index (χ2v) is 6.41. The molecule has 1 amide bonds. The Balaban J connectivity index is 1.91. The molecular weight excluding hydrogens is 250 g/mol. The van der Waals surface area contributed by atoms with Gasteiger partial charge in [0, 0.05) is 32.2 Å². The summed E-state index contributed by atoms with van der Waals surface area (Å²) in [7, 11) is 2.06. The number of rotatable bonds is 4. The summed E-state index contributed by atoms with van der Waals surface area (Å²) in [5.74, 6) is 1.02. The van der Waals surface area contributed by atoms with Gasteiger partial charge < -0.3 is 10.2 Å². The zero-order valence-electron chi connectivity index (χ0n) is 13.4. The number of likely N-dealkylation sites (tertiary alicyclic amines) is 2. The molecule has 2 aliphatic rings. The summed E-state index contributed by atoms with van der Waals surface area (Å²) >= 11 is 0. The fourth-order valence-corrected chi connectivity index (χ4v) is 3.74. The van der Waals surface area contributed by atoms with Crippen molar-refractivity contribution in [2.45, 2.75) is 58.0 Å². The first-order valence-corrected chi connectivity index (χ1v) is 8.37. The predicted molar refractivity (Wildman–Crippen MR) is 82.7 cm³/mol. The number of carbonyl (C=O) groups excluding carboxylic acids is 1. The van der Waals surface area contributed by atoms with Crippen LogP contribution in [0.5, 0.6) is 0 Å². The minimum Gasteiger partial charge on any atom is -0.341 e. The van der Waals surface area contributed by atoms with Crippen molar-refractivity contribution in [3.05, 3.63) is 0 Å². The fourth-order valence-electron chi connectivity index (χ4n) is 3.74. The molecule has 0 bridgehead atoms. The second-order valence-electron chi connectivity index (χ2n) is 6.41. The molecule has 4 heteroatoms. The maximum absolute atomic E-state index is 12.6. The van der Waals surface area contributed by atoms with E-state index < -0.39 is 0 Å². The Morgan fingerprint density at radius 2 is 1.95 bits per heavy atom. The van der Waals surface area contributed by atoms with Gasteiger partial charge >= 0.3 is 0 Å². The number of piperidine rings is 2. The second kappa shape index (κ2) is 7.41. The molecule has 2 saturated heterocycles. The number of hydrogen-bond acceptors (Lipinski definition) is 3. The molecule has 2 heterocycles. The lowest BCUT2D eigenvalue weighted by atomic mass is 9.89. The number of amides is 1. The third kappa shape index (κ3) is 3.53. The van der Waals surface area contributed by atoms with Gasteiger partial charge in [-0.05, 0) is 45.6 Å². The summed E-state index contributed by atoms with van der Waals surface area (Å²) < 4.78 is 0. The summed E-state index contributed by atoms with van der Waals surface area (Å²) in [6.45, 7) is 8.39. The third-order valence-electron chi connectivity index (χ3n) is 5.23. The molecule has 116 valence electrons. The van der Waals surface area contributed by atoms with E-state index in [1.807, 2.05) is 0 Å². The van der Waals surface area contributed by atoms with Crippen LogP contribution in [-0.4, -0.2) is 61.0 Å². The van der Waals surface area contributed by atoms with Crippen LogP contribution in [0.2, 0.25) is 0 Å². The molecule has 0 aromatic carbocycles. The Hall–Kier alpha value is -0.610. The molecule has 2 rings (SSSR count). The Kier molecular flexibility index (Phi) is 5.85. The highest BCUT2D eigenvalue weighted by Gasteiger charge is 2.33. The van der Waals surface area contributed by atoms with E-state index in [9.17, 15) is 4.79 Å². The Labute approximate surface area is 123 Å². The first kappa shape index (κ1) is 15.8. The van der Waals surface area contributed by atoms with Crippen LogP contribution >= 0.6 is 0 Å². The molecule has 0 aromatic heterocycles. The van der Waals surface area contributed by atoms with Gasteiger partial charge in [-0.15, -0.1) is 0 Å². The van der Waals surface area contributed by atoms with E-state index in [4.69, 9.17) is 0 Å². The molecule has 0 aromatic rings. The molecule has 2 aliphatic heterocycles. The Morgan fingerprint density at radius 1 is 1.25 bits per heavy atom. The molecule has 20 heavy (non-hydrogen) atoms. The number of nitrogens with zero attached hydrogens (tertiary/aromatic N) is 2. The summed E-state index contributed by atoms with van der Waals surface area (Å²) in [5.41, 5.74) is 0. The standard InChI is InChI=1S/C16H31N3O/c1-4-14-12-19(11-8-15(14)17-3)13(2)16(20)18-9-6-5-7-10-18/h13-15,17H,4-12H2,1-3H3. The highest BCUT2D eigenvalue weighted by molar-refractivity contribution is 5.81. The van der Waals surface area contributed by atoms with Crippen LogP contribution in [0.4, 0.5) is 0 Å². The minimum atomic E-state index is 0.0555. The van der Waals surface area contributed by atoms with Crippen molar-refractivity contribution in [1.29, 1.82) is 0 Å². The number of carbonyl (C=O) groups is 1. The lowest BCUT2D eigenvalue weighted by Gasteiger charge is -2.42. The van der Waals surface area contributed by atoms with Gasteiger partial charge in [0.1, 0.15) is 0 Å². The molecule has 1 N–H and O–H groups in total. The monoisotopic (exact) mass is 281 g/mol. The first-order valence-electron chi connectivity index (χ1n) is 8.37. The lowest BCUT2D eigenvalue weighted by molar-refractivity contribution is -0.138. The van der Waals surface area contributed by atoms with E-state index in [1.165, 1.54) is 25.7 Å². The molecule has 3 atom stereocenters. The SMILES string of the molecule is CCC1CN(C(C)C(=O)N2CCCCC2)CCC1NC. The van der Waals surface area contributed by atoms with Gasteiger partial charge in [-0.2, -0.15) is 0 Å². The minimum absolute atomic E-state index is 0.0555. The van der Waals surface area contributed by atoms with Crippen molar-refractivity contribution in [2.75, 3.05) is 33.2 Å². The summed E-state index contributed by atoms with van der Waals surface area (Å²) in [5, 5.41) is 3.43. The van der Waals surface area contributed by atoms with Gasteiger partial charge in [0.25, 0.3) is 0 Å². The lowest BCUT2D eigenvalue weighted by Crippen LogP contribution is -2.55. The molecular formula is C16H31N3O. The van der Waals surface area contributed by atoms with Crippen molar-refractivity contribution < 1.29 is 4.79 Å². The van der Waals surface area contributed by atoms with Gasteiger partial charge in [0.15, 0.2) is 0 Å². The smallest absolute Gasteiger partial charge is 0.239 e. The Bertz CT molecular complexity index is 315. The van der Waals surface area contributed by atoms with E-state index in [2.05, 4.69) is 36.0 Å². The maximum Gasteiger partial charge on any atom is 0.239 e. The largest absolute Gasteiger partial charge is 0.341 e. The predicted octanol–water partition coefficient (Wildman–Crippen LogP) is 1.71. The van der Waals surface area contributed by atoms with Crippen molar-refractivity contribution >= 4 is 5.91 Å². The van der Waals surface area contributed by atoms with Crippen LogP contribution < -0.4 is 5.32 Å². The average molecular weight is 281 g/mol. The molecule has 0 saturated carbocycles. The van der Waals surface area contributed by atoms with Crippen molar-refractivity contribution in [3.8, 4) is 0 Å². The fraction of sp³-hybridized carbons (Fsp3) is 0.938. The molecule has 0 aliphatic carbocycles. The van der Waals surface area contributed by atoms with Gasteiger partial charge in [-0.25, -0.2) is 0 Å². The third-order valence-corrected chi connectivity index (χ3v) is 5.23. The van der Waals surface area contributed by atoms with Crippen LogP contribution in [0, 0.1) is 5.92 Å². The molecule has 3 unspecified atom stereocenters. The van der Waals surface area contributed by atoms with Gasteiger partial charge in [-0.1, -0.05) is 13.3 Å². The van der Waals surface area contributed by atoms with Crippen LogP contribution in [0.3, 0.4) is 0 Å². The zero-order chi connectivity index (χ0) is 14.5.